The van der Waals surface area contributed by atoms with Crippen LogP contribution in [0.25, 0.3) is 0 Å². The average Bonchev–Trinajstić information content (AvgIpc) is 2.76. The molecule has 1 N–H and O–H groups in total. The second-order valence-corrected chi connectivity index (χ2v) is 7.21. The number of halogens is 1. The number of fused-ring (bicyclic) bond motifs is 1. The molecule has 5 heteroatoms. The zero-order chi connectivity index (χ0) is 14.8. The number of rotatable bonds is 3. The van der Waals surface area contributed by atoms with Crippen LogP contribution < -0.4 is 14.8 Å². The monoisotopic (exact) mass is 367 g/mol. The lowest BCUT2D eigenvalue weighted by Gasteiger charge is -2.19. The van der Waals surface area contributed by atoms with Gasteiger partial charge in [-0.15, -0.1) is 11.3 Å². The molecule has 21 heavy (non-hydrogen) atoms. The first-order valence-electron chi connectivity index (χ1n) is 7.01. The molecule has 1 aromatic carbocycles. The minimum Gasteiger partial charge on any atom is -0.490 e. The molecule has 0 radical (unpaired) electrons. The summed E-state index contributed by atoms with van der Waals surface area (Å²) in [4.78, 5) is 2.61. The fraction of sp³-hybridized carbons (Fsp3) is 0.375. The second kappa shape index (κ2) is 6.38. The van der Waals surface area contributed by atoms with E-state index in [1.165, 1.54) is 15.3 Å². The Morgan fingerprint density at radius 1 is 1.19 bits per heavy atom. The number of hydrogen-bond acceptors (Lipinski definition) is 4. The Hall–Kier alpha value is -1.04. The molecule has 1 aliphatic rings. The quantitative estimate of drug-likeness (QED) is 0.877. The Morgan fingerprint density at radius 2 is 1.90 bits per heavy atom. The van der Waals surface area contributed by atoms with Crippen LogP contribution in [-0.2, 0) is 0 Å². The summed E-state index contributed by atoms with van der Waals surface area (Å²) in [5, 5.41) is 3.40. The maximum absolute atomic E-state index is 5.81. The predicted molar refractivity (Wildman–Crippen MR) is 89.7 cm³/mol. The minimum absolute atomic E-state index is 0.148. The van der Waals surface area contributed by atoms with Gasteiger partial charge in [0.2, 0.25) is 0 Å². The van der Waals surface area contributed by atoms with Crippen LogP contribution in [0.4, 0.5) is 0 Å². The number of hydrogen-bond donors (Lipinski definition) is 1. The SMILES string of the molecule is CNC(c1ccc(C)s1)c1cc2c(cc1Br)OCCCO2. The molecule has 112 valence electrons. The molecule has 0 spiro atoms. The first-order chi connectivity index (χ1) is 10.2. The second-order valence-electron chi connectivity index (χ2n) is 5.04. The van der Waals surface area contributed by atoms with Crippen molar-refractivity contribution in [2.45, 2.75) is 19.4 Å². The van der Waals surface area contributed by atoms with Gasteiger partial charge in [-0.25, -0.2) is 0 Å². The van der Waals surface area contributed by atoms with E-state index in [1.807, 2.05) is 24.5 Å². The lowest BCUT2D eigenvalue weighted by Crippen LogP contribution is -2.17. The largest absolute Gasteiger partial charge is 0.490 e. The third kappa shape index (κ3) is 3.10. The molecule has 0 amide bonds. The van der Waals surface area contributed by atoms with Gasteiger partial charge in [0.15, 0.2) is 11.5 Å². The molecule has 3 rings (SSSR count). The molecule has 3 nitrogen and oxygen atoms in total. The highest BCUT2D eigenvalue weighted by atomic mass is 79.9. The van der Waals surface area contributed by atoms with E-state index in [0.717, 1.165) is 22.4 Å². The molecular weight excluding hydrogens is 350 g/mol. The normalized spacial score (nSPS) is 15.6. The Bertz CT molecular complexity index is 641. The first-order valence-corrected chi connectivity index (χ1v) is 8.62. The van der Waals surface area contributed by atoms with Gasteiger partial charge in [0.05, 0.1) is 19.3 Å². The van der Waals surface area contributed by atoms with Crippen LogP contribution in [-0.4, -0.2) is 20.3 Å². The van der Waals surface area contributed by atoms with Gasteiger partial charge in [-0.05, 0) is 43.8 Å². The smallest absolute Gasteiger partial charge is 0.162 e. The van der Waals surface area contributed by atoms with E-state index < -0.39 is 0 Å². The highest BCUT2D eigenvalue weighted by molar-refractivity contribution is 9.10. The zero-order valence-corrected chi connectivity index (χ0v) is 14.5. The van der Waals surface area contributed by atoms with Gasteiger partial charge in [0.1, 0.15) is 0 Å². The highest BCUT2D eigenvalue weighted by Gasteiger charge is 2.21. The fourth-order valence-corrected chi connectivity index (χ4v) is 4.04. The summed E-state index contributed by atoms with van der Waals surface area (Å²) in [6, 6.07) is 8.58. The molecule has 0 aliphatic carbocycles. The van der Waals surface area contributed by atoms with E-state index >= 15 is 0 Å². The van der Waals surface area contributed by atoms with Crippen LogP contribution in [0.5, 0.6) is 11.5 Å². The van der Waals surface area contributed by atoms with E-state index in [9.17, 15) is 0 Å². The van der Waals surface area contributed by atoms with Gasteiger partial charge in [-0.2, -0.15) is 0 Å². The van der Waals surface area contributed by atoms with Gasteiger partial charge in [0.25, 0.3) is 0 Å². The van der Waals surface area contributed by atoms with E-state index in [2.05, 4.69) is 46.4 Å². The summed E-state index contributed by atoms with van der Waals surface area (Å²) in [6.07, 6.45) is 0.918. The van der Waals surface area contributed by atoms with Crippen LogP contribution in [0.3, 0.4) is 0 Å². The topological polar surface area (TPSA) is 30.5 Å². The van der Waals surface area contributed by atoms with Crippen LogP contribution in [0.2, 0.25) is 0 Å². The van der Waals surface area contributed by atoms with E-state index in [4.69, 9.17) is 9.47 Å². The molecule has 1 aliphatic heterocycles. The third-order valence-electron chi connectivity index (χ3n) is 3.51. The fourth-order valence-electron chi connectivity index (χ4n) is 2.48. The van der Waals surface area contributed by atoms with Crippen molar-refractivity contribution in [2.24, 2.45) is 0 Å². The third-order valence-corrected chi connectivity index (χ3v) is 5.26. The summed E-state index contributed by atoms with van der Waals surface area (Å²) in [6.45, 7) is 3.54. The molecule has 0 bridgehead atoms. The number of aryl methyl sites for hydroxylation is 1. The maximum Gasteiger partial charge on any atom is 0.162 e. The highest BCUT2D eigenvalue weighted by Crippen LogP contribution is 2.40. The summed E-state index contributed by atoms with van der Waals surface area (Å²) in [7, 11) is 1.98. The van der Waals surface area contributed by atoms with Crippen molar-refractivity contribution in [3.05, 3.63) is 44.1 Å². The van der Waals surface area contributed by atoms with Gasteiger partial charge in [-0.3, -0.25) is 0 Å². The molecule has 0 saturated carbocycles. The van der Waals surface area contributed by atoms with Crippen molar-refractivity contribution in [1.82, 2.24) is 5.32 Å². The Balaban J connectivity index is 2.02. The summed E-state index contributed by atoms with van der Waals surface area (Å²) in [5.74, 6) is 1.65. The number of thiophene rings is 1. The zero-order valence-electron chi connectivity index (χ0n) is 12.1. The van der Waals surface area contributed by atoms with Gasteiger partial charge in [-0.1, -0.05) is 15.9 Å². The molecule has 2 heterocycles. The Morgan fingerprint density at radius 3 is 2.52 bits per heavy atom. The van der Waals surface area contributed by atoms with Crippen LogP contribution in [0.1, 0.15) is 27.8 Å². The molecule has 2 aromatic rings. The minimum atomic E-state index is 0.148. The molecule has 1 atom stereocenters. The van der Waals surface area contributed by atoms with Crippen molar-refractivity contribution < 1.29 is 9.47 Å². The molecule has 0 saturated heterocycles. The van der Waals surface area contributed by atoms with Crippen LogP contribution in [0, 0.1) is 6.92 Å². The average molecular weight is 368 g/mol. The summed E-state index contributed by atoms with van der Waals surface area (Å²) < 4.78 is 12.6. The van der Waals surface area contributed by atoms with Crippen molar-refractivity contribution in [2.75, 3.05) is 20.3 Å². The van der Waals surface area contributed by atoms with Crippen molar-refractivity contribution >= 4 is 27.3 Å². The number of benzene rings is 1. The Labute approximate surface area is 137 Å². The molecule has 1 unspecified atom stereocenters. The van der Waals surface area contributed by atoms with Crippen molar-refractivity contribution in [1.29, 1.82) is 0 Å². The van der Waals surface area contributed by atoms with E-state index in [0.29, 0.717) is 13.2 Å². The number of nitrogens with one attached hydrogen (secondary N) is 1. The maximum atomic E-state index is 5.81. The van der Waals surface area contributed by atoms with Crippen molar-refractivity contribution in [3.63, 3.8) is 0 Å². The molecular formula is C16H18BrNO2S. The number of ether oxygens (including phenoxy) is 2. The van der Waals surface area contributed by atoms with Crippen LogP contribution >= 0.6 is 27.3 Å². The molecule has 0 fully saturated rings. The van der Waals surface area contributed by atoms with Crippen LogP contribution in [0.15, 0.2) is 28.7 Å². The Kier molecular flexibility index (Phi) is 4.52. The summed E-state index contributed by atoms with van der Waals surface area (Å²) >= 11 is 5.49. The predicted octanol–water partition coefficient (Wildman–Crippen LogP) is 4.29. The first kappa shape index (κ1) is 14.9. The summed E-state index contributed by atoms with van der Waals surface area (Å²) in [5.41, 5.74) is 1.17. The van der Waals surface area contributed by atoms with E-state index in [1.54, 1.807) is 0 Å². The van der Waals surface area contributed by atoms with Gasteiger partial charge >= 0.3 is 0 Å². The van der Waals surface area contributed by atoms with Gasteiger partial charge in [0, 0.05) is 20.6 Å². The van der Waals surface area contributed by atoms with Crippen molar-refractivity contribution in [3.8, 4) is 11.5 Å². The standard InChI is InChI=1S/C16H18BrNO2S/c1-10-4-5-15(21-10)16(18-2)11-8-13-14(9-12(11)17)20-7-3-6-19-13/h4-5,8-9,16,18H,3,6-7H2,1-2H3. The molecule has 1 aromatic heterocycles. The van der Waals surface area contributed by atoms with E-state index in [-0.39, 0.29) is 6.04 Å². The lowest BCUT2D eigenvalue weighted by atomic mass is 10.0. The lowest BCUT2D eigenvalue weighted by molar-refractivity contribution is 0.297. The van der Waals surface area contributed by atoms with Gasteiger partial charge < -0.3 is 14.8 Å².